The van der Waals surface area contributed by atoms with Gasteiger partial charge in [-0.1, -0.05) is 31.4 Å². The van der Waals surface area contributed by atoms with Crippen molar-refractivity contribution < 1.29 is 13.2 Å². The summed E-state index contributed by atoms with van der Waals surface area (Å²) in [7, 11) is -3.43. The molecular weight excluding hydrogens is 410 g/mol. The van der Waals surface area contributed by atoms with Gasteiger partial charge in [-0.3, -0.25) is 4.79 Å². The maximum absolute atomic E-state index is 13.0. The number of ketones is 1. The molecule has 3 aromatic rings. The Bertz CT molecular complexity index is 1200. The molecule has 162 valence electrons. The van der Waals surface area contributed by atoms with Crippen molar-refractivity contribution in [3.63, 3.8) is 0 Å². The second kappa shape index (κ2) is 7.88. The highest BCUT2D eigenvalue weighted by atomic mass is 32.2. The van der Waals surface area contributed by atoms with E-state index in [0.29, 0.717) is 36.4 Å². The van der Waals surface area contributed by atoms with Crippen LogP contribution >= 0.6 is 0 Å². The lowest BCUT2D eigenvalue weighted by Crippen LogP contribution is -2.58. The molecule has 2 fully saturated rings. The fourth-order valence-corrected chi connectivity index (χ4v) is 6.62. The van der Waals surface area contributed by atoms with Crippen LogP contribution in [0.4, 0.5) is 0 Å². The Balaban J connectivity index is 1.20. The Hall–Kier alpha value is -2.51. The number of sulfonamides is 1. The van der Waals surface area contributed by atoms with Gasteiger partial charge >= 0.3 is 0 Å². The van der Waals surface area contributed by atoms with Crippen molar-refractivity contribution in [2.75, 3.05) is 13.1 Å². The molecule has 1 aliphatic heterocycles. The molecule has 3 heterocycles. The first-order chi connectivity index (χ1) is 15.0. The summed E-state index contributed by atoms with van der Waals surface area (Å²) in [6.45, 7) is 1.32. The molecule has 0 bridgehead atoms. The molecule has 6 nitrogen and oxygen atoms in total. The lowest BCUT2D eigenvalue weighted by Gasteiger charge is -2.51. The predicted molar refractivity (Wildman–Crippen MR) is 119 cm³/mol. The third-order valence-corrected chi connectivity index (χ3v) is 8.66. The van der Waals surface area contributed by atoms with Gasteiger partial charge in [-0.2, -0.15) is 4.31 Å². The second-order valence-corrected chi connectivity index (χ2v) is 10.9. The number of fused-ring (bicyclic) bond motifs is 1. The zero-order chi connectivity index (χ0) is 21.5. The Labute approximate surface area is 183 Å². The number of benzene rings is 1. The summed E-state index contributed by atoms with van der Waals surface area (Å²) in [5.41, 5.74) is 2.65. The molecule has 0 N–H and O–H groups in total. The molecule has 2 aliphatic rings. The smallest absolute Gasteiger partial charge is 0.243 e. The molecule has 31 heavy (non-hydrogen) atoms. The van der Waals surface area contributed by atoms with Crippen molar-refractivity contribution in [3.8, 4) is 0 Å². The van der Waals surface area contributed by atoms with Gasteiger partial charge < -0.3 is 4.40 Å². The van der Waals surface area contributed by atoms with E-state index in [1.54, 1.807) is 34.9 Å². The lowest BCUT2D eigenvalue weighted by molar-refractivity contribution is 0.0305. The van der Waals surface area contributed by atoms with Crippen LogP contribution in [-0.4, -0.2) is 41.0 Å². The van der Waals surface area contributed by atoms with Gasteiger partial charge in [0.15, 0.2) is 5.78 Å². The van der Waals surface area contributed by atoms with Gasteiger partial charge in [0.1, 0.15) is 5.65 Å². The van der Waals surface area contributed by atoms with E-state index in [1.165, 1.54) is 19.3 Å². The first kappa shape index (κ1) is 20.4. The molecular formula is C24H27N3O3S. The van der Waals surface area contributed by atoms with Gasteiger partial charge in [0.05, 0.1) is 4.90 Å². The Morgan fingerprint density at radius 3 is 2.48 bits per heavy atom. The van der Waals surface area contributed by atoms with E-state index in [4.69, 9.17) is 0 Å². The van der Waals surface area contributed by atoms with E-state index in [2.05, 4.69) is 4.98 Å². The minimum absolute atomic E-state index is 0.0608. The average molecular weight is 438 g/mol. The van der Waals surface area contributed by atoms with E-state index in [1.807, 2.05) is 28.8 Å². The van der Waals surface area contributed by atoms with Crippen molar-refractivity contribution in [1.29, 1.82) is 0 Å². The van der Waals surface area contributed by atoms with Crippen LogP contribution in [0.15, 0.2) is 59.9 Å². The summed E-state index contributed by atoms with van der Waals surface area (Å²) in [6, 6.07) is 10.6. The van der Waals surface area contributed by atoms with Crippen LogP contribution in [0.1, 0.15) is 54.4 Å². The first-order valence-corrected chi connectivity index (χ1v) is 12.4. The fourth-order valence-electron chi connectivity index (χ4n) is 4.95. The molecule has 1 saturated carbocycles. The van der Waals surface area contributed by atoms with Crippen LogP contribution < -0.4 is 0 Å². The van der Waals surface area contributed by atoms with Gasteiger partial charge in [-0.25, -0.2) is 13.4 Å². The van der Waals surface area contributed by atoms with Gasteiger partial charge in [0.25, 0.3) is 0 Å². The maximum atomic E-state index is 13.0. The van der Waals surface area contributed by atoms with E-state index in [9.17, 15) is 13.2 Å². The van der Waals surface area contributed by atoms with Crippen LogP contribution in [0.3, 0.4) is 0 Å². The highest BCUT2D eigenvalue weighted by molar-refractivity contribution is 7.89. The SMILES string of the molecule is O=C(CCc1ccc(S(=O)(=O)N2CC3(CCCCC3)C2)cc1)c1ccc2nccn2c1. The summed E-state index contributed by atoms with van der Waals surface area (Å²) in [6.07, 6.45) is 12.3. The number of Topliss-reactive ketones (excluding diaryl/α,β-unsaturated/α-hetero) is 1. The second-order valence-electron chi connectivity index (χ2n) is 9.01. The first-order valence-electron chi connectivity index (χ1n) is 11.0. The number of pyridine rings is 1. The number of carbonyl (C=O) groups is 1. The number of imidazole rings is 1. The summed E-state index contributed by atoms with van der Waals surface area (Å²) in [5.74, 6) is 0.0608. The molecule has 1 aliphatic carbocycles. The van der Waals surface area contributed by atoms with E-state index in [-0.39, 0.29) is 11.2 Å². The van der Waals surface area contributed by atoms with Gasteiger partial charge in [0.2, 0.25) is 10.0 Å². The highest BCUT2D eigenvalue weighted by Crippen LogP contribution is 2.45. The van der Waals surface area contributed by atoms with Gasteiger partial charge in [-0.05, 0) is 54.5 Å². The molecule has 7 heteroatoms. The van der Waals surface area contributed by atoms with Crippen molar-refractivity contribution in [2.45, 2.75) is 49.8 Å². The molecule has 2 aromatic heterocycles. The molecule has 0 unspecified atom stereocenters. The van der Waals surface area contributed by atoms with Gasteiger partial charge in [0, 0.05) is 43.7 Å². The van der Waals surface area contributed by atoms with Crippen molar-refractivity contribution in [3.05, 3.63) is 66.1 Å². The standard InChI is InChI=1S/C24H27N3O3S/c28-22(20-7-11-23-25-14-15-26(23)16-20)10-6-19-4-8-21(9-5-19)31(29,30)27-17-24(18-27)12-2-1-3-13-24/h4-5,7-9,11,14-16H,1-3,6,10,12-13,17-18H2. The van der Waals surface area contributed by atoms with Crippen LogP contribution in [0, 0.1) is 5.41 Å². The van der Waals surface area contributed by atoms with Crippen LogP contribution in [0.25, 0.3) is 5.65 Å². The number of aromatic nitrogens is 2. The third kappa shape index (κ3) is 3.92. The topological polar surface area (TPSA) is 71.8 Å². The molecule has 0 amide bonds. The highest BCUT2D eigenvalue weighted by Gasteiger charge is 2.48. The molecule has 0 radical (unpaired) electrons. The number of carbonyl (C=O) groups excluding carboxylic acids is 1. The lowest BCUT2D eigenvalue weighted by atomic mass is 9.70. The number of aryl methyl sites for hydroxylation is 1. The van der Waals surface area contributed by atoms with Crippen molar-refractivity contribution in [1.82, 2.24) is 13.7 Å². The van der Waals surface area contributed by atoms with Crippen LogP contribution in [0.2, 0.25) is 0 Å². The molecule has 1 saturated heterocycles. The molecule has 0 atom stereocenters. The van der Waals surface area contributed by atoms with Crippen LogP contribution in [0.5, 0.6) is 0 Å². The number of nitrogens with zero attached hydrogens (tertiary/aromatic N) is 3. The third-order valence-electron chi connectivity index (χ3n) is 6.85. The van der Waals surface area contributed by atoms with Crippen molar-refractivity contribution in [2.24, 2.45) is 5.41 Å². The largest absolute Gasteiger partial charge is 0.306 e. The van der Waals surface area contributed by atoms with E-state index < -0.39 is 10.0 Å². The maximum Gasteiger partial charge on any atom is 0.243 e. The Kier molecular flexibility index (Phi) is 5.18. The summed E-state index contributed by atoms with van der Waals surface area (Å²) in [5, 5.41) is 0. The van der Waals surface area contributed by atoms with Crippen molar-refractivity contribution >= 4 is 21.5 Å². The normalized spacial score (nSPS) is 18.8. The average Bonchev–Trinajstić information content (AvgIpc) is 3.24. The Morgan fingerprint density at radius 1 is 1.00 bits per heavy atom. The summed E-state index contributed by atoms with van der Waals surface area (Å²) < 4.78 is 29.4. The van der Waals surface area contributed by atoms with Crippen LogP contribution in [-0.2, 0) is 16.4 Å². The molecule has 1 spiro atoms. The van der Waals surface area contributed by atoms with E-state index >= 15 is 0 Å². The predicted octanol–water partition coefficient (Wildman–Crippen LogP) is 4.10. The summed E-state index contributed by atoms with van der Waals surface area (Å²) >= 11 is 0. The Morgan fingerprint density at radius 2 is 1.74 bits per heavy atom. The minimum Gasteiger partial charge on any atom is -0.306 e. The van der Waals surface area contributed by atoms with Gasteiger partial charge in [-0.15, -0.1) is 0 Å². The zero-order valence-electron chi connectivity index (χ0n) is 17.5. The summed E-state index contributed by atoms with van der Waals surface area (Å²) in [4.78, 5) is 17.1. The molecule has 5 rings (SSSR count). The van der Waals surface area contributed by atoms with E-state index in [0.717, 1.165) is 24.1 Å². The zero-order valence-corrected chi connectivity index (χ0v) is 18.4. The fraction of sp³-hybridized carbons (Fsp3) is 0.417. The number of rotatable bonds is 6. The number of hydrogen-bond acceptors (Lipinski definition) is 4. The molecule has 1 aromatic carbocycles. The monoisotopic (exact) mass is 437 g/mol. The minimum atomic E-state index is -3.43. The quantitative estimate of drug-likeness (QED) is 0.544. The number of hydrogen-bond donors (Lipinski definition) is 0.